The highest BCUT2D eigenvalue weighted by atomic mass is 35.5. The lowest BCUT2D eigenvalue weighted by Crippen LogP contribution is -2.54. The van der Waals surface area contributed by atoms with Gasteiger partial charge in [0.25, 0.3) is 0 Å². The van der Waals surface area contributed by atoms with Crippen molar-refractivity contribution in [2.75, 3.05) is 17.1 Å². The number of hydrogen-bond donors (Lipinski definition) is 1. The van der Waals surface area contributed by atoms with Crippen molar-refractivity contribution >= 4 is 50.7 Å². The number of anilines is 1. The molecular weight excluding hydrogens is 569 g/mol. The molecule has 7 nitrogen and oxygen atoms in total. The molecule has 0 heterocycles. The smallest absolute Gasteiger partial charge is 0.244 e. The van der Waals surface area contributed by atoms with Crippen LogP contribution < -0.4 is 9.62 Å². The standard InChI is InChI=1S/C30H35Cl2N3O4S/c1-5-22(3)33-30(37)28(18-23-10-7-6-8-11-23)34(19-24-12-9-13-25(31)17-24)29(36)20-35(40(4,38)39)27-15-14-26(32)16-21(27)2/h6-17,22,28H,5,18-20H2,1-4H3,(H,33,37)/t22-,28+/m1/s1. The molecule has 0 unspecified atom stereocenters. The summed E-state index contributed by atoms with van der Waals surface area (Å²) < 4.78 is 26.9. The number of nitrogens with zero attached hydrogens (tertiary/aromatic N) is 2. The topological polar surface area (TPSA) is 86.8 Å². The molecule has 0 aliphatic carbocycles. The lowest BCUT2D eigenvalue weighted by Gasteiger charge is -2.34. The second-order valence-electron chi connectivity index (χ2n) is 9.88. The summed E-state index contributed by atoms with van der Waals surface area (Å²) in [5, 5.41) is 3.95. The molecule has 0 aliphatic heterocycles. The van der Waals surface area contributed by atoms with Crippen LogP contribution in [0.5, 0.6) is 0 Å². The number of carbonyl (C=O) groups is 2. The second-order valence-corrected chi connectivity index (χ2v) is 12.7. The van der Waals surface area contributed by atoms with Crippen molar-refractivity contribution in [3.05, 3.63) is 99.5 Å². The van der Waals surface area contributed by atoms with Gasteiger partial charge in [-0.15, -0.1) is 0 Å². The van der Waals surface area contributed by atoms with E-state index in [4.69, 9.17) is 23.2 Å². The maximum Gasteiger partial charge on any atom is 0.244 e. The summed E-state index contributed by atoms with van der Waals surface area (Å²) in [6.07, 6.45) is 2.00. The van der Waals surface area contributed by atoms with E-state index in [1.165, 1.54) is 4.90 Å². The van der Waals surface area contributed by atoms with Crippen molar-refractivity contribution < 1.29 is 18.0 Å². The molecule has 0 bridgehead atoms. The molecule has 40 heavy (non-hydrogen) atoms. The molecule has 1 N–H and O–H groups in total. The third kappa shape index (κ3) is 8.71. The summed E-state index contributed by atoms with van der Waals surface area (Å²) in [6.45, 7) is 5.15. The minimum absolute atomic E-state index is 0.0576. The normalized spacial score (nSPS) is 12.8. The monoisotopic (exact) mass is 603 g/mol. The Labute approximate surface area is 247 Å². The van der Waals surface area contributed by atoms with Gasteiger partial charge >= 0.3 is 0 Å². The lowest BCUT2D eigenvalue weighted by molar-refractivity contribution is -0.140. The number of benzene rings is 3. The molecule has 3 aromatic rings. The number of carbonyl (C=O) groups excluding carboxylic acids is 2. The van der Waals surface area contributed by atoms with Crippen molar-refractivity contribution in [1.82, 2.24) is 10.2 Å². The zero-order chi connectivity index (χ0) is 29.4. The van der Waals surface area contributed by atoms with Gasteiger partial charge in [-0.05, 0) is 67.3 Å². The van der Waals surface area contributed by atoms with Gasteiger partial charge in [0.05, 0.1) is 11.9 Å². The van der Waals surface area contributed by atoms with Gasteiger partial charge in [0.1, 0.15) is 12.6 Å². The van der Waals surface area contributed by atoms with E-state index in [9.17, 15) is 18.0 Å². The number of nitrogens with one attached hydrogen (secondary N) is 1. The predicted molar refractivity (Wildman–Crippen MR) is 162 cm³/mol. The van der Waals surface area contributed by atoms with Gasteiger partial charge in [0.2, 0.25) is 21.8 Å². The highest BCUT2D eigenvalue weighted by molar-refractivity contribution is 7.92. The predicted octanol–water partition coefficient (Wildman–Crippen LogP) is 5.62. The maximum absolute atomic E-state index is 14.1. The Bertz CT molecular complexity index is 1430. The third-order valence-electron chi connectivity index (χ3n) is 6.62. The average molecular weight is 605 g/mol. The number of amides is 2. The number of sulfonamides is 1. The van der Waals surface area contributed by atoms with E-state index in [-0.39, 0.29) is 24.9 Å². The van der Waals surface area contributed by atoms with Crippen LogP contribution in [0.25, 0.3) is 0 Å². The van der Waals surface area contributed by atoms with Crippen molar-refractivity contribution in [3.63, 3.8) is 0 Å². The fraction of sp³-hybridized carbons (Fsp3) is 0.333. The minimum Gasteiger partial charge on any atom is -0.352 e. The van der Waals surface area contributed by atoms with E-state index in [1.54, 1.807) is 43.3 Å². The fourth-order valence-corrected chi connectivity index (χ4v) is 5.67. The SMILES string of the molecule is CC[C@@H](C)NC(=O)[C@H](Cc1ccccc1)N(Cc1cccc(Cl)c1)C(=O)CN(c1ccc(Cl)cc1C)S(C)(=O)=O. The Hall–Kier alpha value is -3.07. The molecule has 0 radical (unpaired) electrons. The molecule has 0 spiro atoms. The van der Waals surface area contributed by atoms with Crippen LogP contribution in [0.1, 0.15) is 37.0 Å². The number of aryl methyl sites for hydroxylation is 1. The number of hydrogen-bond acceptors (Lipinski definition) is 4. The second kappa shape index (κ2) is 14.0. The van der Waals surface area contributed by atoms with Gasteiger partial charge < -0.3 is 10.2 Å². The first-order valence-corrected chi connectivity index (χ1v) is 15.6. The van der Waals surface area contributed by atoms with Crippen molar-refractivity contribution in [3.8, 4) is 0 Å². The fourth-order valence-electron chi connectivity index (χ4n) is 4.32. The zero-order valence-electron chi connectivity index (χ0n) is 23.1. The molecule has 214 valence electrons. The molecule has 0 saturated heterocycles. The number of halogens is 2. The average Bonchev–Trinajstić information content (AvgIpc) is 2.89. The molecule has 2 atom stereocenters. The van der Waals surface area contributed by atoms with Gasteiger partial charge in [0.15, 0.2) is 0 Å². The first-order valence-electron chi connectivity index (χ1n) is 13.0. The molecule has 0 aliphatic rings. The van der Waals surface area contributed by atoms with E-state index in [0.717, 1.165) is 16.1 Å². The minimum atomic E-state index is -3.87. The first kappa shape index (κ1) is 31.5. The van der Waals surface area contributed by atoms with E-state index in [1.807, 2.05) is 50.2 Å². The van der Waals surface area contributed by atoms with Crippen molar-refractivity contribution in [1.29, 1.82) is 0 Å². The van der Waals surface area contributed by atoms with Crippen LogP contribution in [0.15, 0.2) is 72.8 Å². The highest BCUT2D eigenvalue weighted by Gasteiger charge is 2.33. The lowest BCUT2D eigenvalue weighted by atomic mass is 10.0. The largest absolute Gasteiger partial charge is 0.352 e. The van der Waals surface area contributed by atoms with Crippen LogP contribution in [-0.4, -0.2) is 50.0 Å². The Balaban J connectivity index is 2.08. The summed E-state index contributed by atoms with van der Waals surface area (Å²) >= 11 is 12.3. The van der Waals surface area contributed by atoms with Crippen LogP contribution in [0.4, 0.5) is 5.69 Å². The quantitative estimate of drug-likeness (QED) is 0.291. The number of rotatable bonds is 12. The Kier molecular flexibility index (Phi) is 11.0. The van der Waals surface area contributed by atoms with Crippen molar-refractivity contribution in [2.24, 2.45) is 0 Å². The molecule has 10 heteroatoms. The van der Waals surface area contributed by atoms with Crippen molar-refractivity contribution in [2.45, 2.75) is 52.2 Å². The maximum atomic E-state index is 14.1. The van der Waals surface area contributed by atoms with E-state index < -0.39 is 28.5 Å². The van der Waals surface area contributed by atoms with E-state index in [0.29, 0.717) is 33.3 Å². The van der Waals surface area contributed by atoms with E-state index >= 15 is 0 Å². The van der Waals surface area contributed by atoms with E-state index in [2.05, 4.69) is 5.32 Å². The van der Waals surface area contributed by atoms with Gasteiger partial charge in [0, 0.05) is 29.1 Å². The third-order valence-corrected chi connectivity index (χ3v) is 8.22. The molecule has 2 amide bonds. The van der Waals surface area contributed by atoms with Crippen LogP contribution in [0.3, 0.4) is 0 Å². The van der Waals surface area contributed by atoms with Crippen LogP contribution in [0.2, 0.25) is 10.0 Å². The first-order chi connectivity index (χ1) is 18.9. The Morgan fingerprint density at radius 3 is 2.17 bits per heavy atom. The summed E-state index contributed by atoms with van der Waals surface area (Å²) in [4.78, 5) is 29.2. The van der Waals surface area contributed by atoms with Gasteiger partial charge in [-0.3, -0.25) is 13.9 Å². The van der Waals surface area contributed by atoms with Crippen LogP contribution in [-0.2, 0) is 32.6 Å². The molecule has 3 aromatic carbocycles. The van der Waals surface area contributed by atoms with Gasteiger partial charge in [-0.1, -0.05) is 72.6 Å². The Morgan fingerprint density at radius 2 is 1.57 bits per heavy atom. The zero-order valence-corrected chi connectivity index (χ0v) is 25.4. The Morgan fingerprint density at radius 1 is 0.925 bits per heavy atom. The van der Waals surface area contributed by atoms with Crippen LogP contribution >= 0.6 is 23.2 Å². The summed E-state index contributed by atoms with van der Waals surface area (Å²) in [5.74, 6) is -0.845. The summed E-state index contributed by atoms with van der Waals surface area (Å²) in [6, 6.07) is 20.2. The highest BCUT2D eigenvalue weighted by Crippen LogP contribution is 2.26. The van der Waals surface area contributed by atoms with Crippen LogP contribution in [0, 0.1) is 6.92 Å². The van der Waals surface area contributed by atoms with Gasteiger partial charge in [-0.2, -0.15) is 0 Å². The van der Waals surface area contributed by atoms with Gasteiger partial charge in [-0.25, -0.2) is 8.42 Å². The molecular formula is C30H35Cl2N3O4S. The molecule has 0 aromatic heterocycles. The molecule has 0 saturated carbocycles. The molecule has 0 fully saturated rings. The summed E-state index contributed by atoms with van der Waals surface area (Å²) in [7, 11) is -3.87. The molecule has 3 rings (SSSR count). The summed E-state index contributed by atoms with van der Waals surface area (Å²) in [5.41, 5.74) is 2.52.